The minimum Gasteiger partial charge on any atom is -0.483 e. The number of nitrogens with one attached hydrogen (secondary N) is 1. The summed E-state index contributed by atoms with van der Waals surface area (Å²) < 4.78 is 5.64. The van der Waals surface area contributed by atoms with Gasteiger partial charge in [0.15, 0.2) is 11.7 Å². The minimum absolute atomic E-state index is 0.0637. The van der Waals surface area contributed by atoms with Gasteiger partial charge in [-0.3, -0.25) is 10.1 Å². The summed E-state index contributed by atoms with van der Waals surface area (Å²) in [4.78, 5) is 18.1. The summed E-state index contributed by atoms with van der Waals surface area (Å²) >= 11 is 1.46. The van der Waals surface area contributed by atoms with Gasteiger partial charge in [0.2, 0.25) is 0 Å². The molecule has 4 rings (SSSR count). The largest absolute Gasteiger partial charge is 0.483 e. The van der Waals surface area contributed by atoms with Gasteiger partial charge in [-0.05, 0) is 24.1 Å². The fourth-order valence-electron chi connectivity index (χ4n) is 2.97. The van der Waals surface area contributed by atoms with E-state index in [1.165, 1.54) is 11.3 Å². The van der Waals surface area contributed by atoms with E-state index >= 15 is 0 Å². The molecule has 0 spiro atoms. The molecule has 29 heavy (non-hydrogen) atoms. The molecule has 3 aromatic carbocycles. The number of aryl methyl sites for hydroxylation is 1. The van der Waals surface area contributed by atoms with Gasteiger partial charge in [0.05, 0.1) is 10.6 Å². The zero-order valence-electron chi connectivity index (χ0n) is 16.0. The molecule has 0 aliphatic heterocycles. The molecule has 0 fully saturated rings. The van der Waals surface area contributed by atoms with Crippen molar-refractivity contribution < 1.29 is 9.53 Å². The lowest BCUT2D eigenvalue weighted by atomic mass is 10.1. The molecule has 4 aromatic rings. The Balaban J connectivity index is 1.56. The predicted molar refractivity (Wildman–Crippen MR) is 118 cm³/mol. The van der Waals surface area contributed by atoms with Crippen LogP contribution in [0.3, 0.4) is 0 Å². The highest BCUT2D eigenvalue weighted by Crippen LogP contribution is 2.38. The van der Waals surface area contributed by atoms with Crippen LogP contribution < -0.4 is 10.1 Å². The number of anilines is 1. The molecule has 0 bridgehead atoms. The second-order valence-corrected chi connectivity index (χ2v) is 7.53. The Morgan fingerprint density at radius 3 is 2.21 bits per heavy atom. The number of nitrogens with zero attached hydrogens (tertiary/aromatic N) is 1. The normalized spacial score (nSPS) is 10.5. The molecule has 1 amide bonds. The Morgan fingerprint density at radius 1 is 0.897 bits per heavy atom. The van der Waals surface area contributed by atoms with Crippen LogP contribution in [0.5, 0.6) is 5.75 Å². The fraction of sp³-hybridized carbons (Fsp3) is 0.0833. The molecule has 5 heteroatoms. The number of hydrogen-bond donors (Lipinski definition) is 1. The number of aromatic nitrogens is 1. The van der Waals surface area contributed by atoms with Gasteiger partial charge >= 0.3 is 0 Å². The van der Waals surface area contributed by atoms with Crippen LogP contribution in [-0.2, 0) is 4.79 Å². The molecule has 0 radical (unpaired) electrons. The van der Waals surface area contributed by atoms with E-state index in [-0.39, 0.29) is 12.5 Å². The van der Waals surface area contributed by atoms with Gasteiger partial charge in [-0.2, -0.15) is 0 Å². The monoisotopic (exact) mass is 400 g/mol. The highest BCUT2D eigenvalue weighted by molar-refractivity contribution is 7.19. The summed E-state index contributed by atoms with van der Waals surface area (Å²) in [5.41, 5.74) is 3.93. The zero-order valence-corrected chi connectivity index (χ0v) is 16.8. The van der Waals surface area contributed by atoms with E-state index in [9.17, 15) is 4.79 Å². The third kappa shape index (κ3) is 4.52. The predicted octanol–water partition coefficient (Wildman–Crippen LogP) is 5.80. The smallest absolute Gasteiger partial charge is 0.264 e. The lowest BCUT2D eigenvalue weighted by Gasteiger charge is -2.08. The summed E-state index contributed by atoms with van der Waals surface area (Å²) in [6.07, 6.45) is 0. The van der Waals surface area contributed by atoms with Gasteiger partial charge in [-0.15, -0.1) is 0 Å². The van der Waals surface area contributed by atoms with Gasteiger partial charge in [-0.1, -0.05) is 90.2 Å². The van der Waals surface area contributed by atoms with Crippen molar-refractivity contribution in [2.24, 2.45) is 0 Å². The Morgan fingerprint density at radius 2 is 1.52 bits per heavy atom. The molecule has 0 aliphatic carbocycles. The molecule has 0 unspecified atom stereocenters. The number of carbonyl (C=O) groups excluding carboxylic acids is 1. The van der Waals surface area contributed by atoms with Gasteiger partial charge in [0.1, 0.15) is 5.75 Å². The van der Waals surface area contributed by atoms with Crippen LogP contribution in [0.25, 0.3) is 21.7 Å². The van der Waals surface area contributed by atoms with Crippen LogP contribution in [-0.4, -0.2) is 17.5 Å². The maximum Gasteiger partial charge on any atom is 0.264 e. The molecular formula is C24H20N2O2S. The number of carbonyl (C=O) groups is 1. The quantitative estimate of drug-likeness (QED) is 0.445. The molecule has 1 N–H and O–H groups in total. The van der Waals surface area contributed by atoms with Gasteiger partial charge in [0, 0.05) is 5.56 Å². The van der Waals surface area contributed by atoms with Crippen molar-refractivity contribution in [1.29, 1.82) is 0 Å². The number of thiazole rings is 1. The minimum atomic E-state index is -0.235. The summed E-state index contributed by atoms with van der Waals surface area (Å²) in [5, 5.41) is 3.43. The number of hydrogen-bond acceptors (Lipinski definition) is 4. The van der Waals surface area contributed by atoms with Crippen LogP contribution in [0.2, 0.25) is 0 Å². The maximum atomic E-state index is 12.4. The molecule has 1 heterocycles. The molecule has 144 valence electrons. The number of rotatable bonds is 6. The summed E-state index contributed by atoms with van der Waals surface area (Å²) in [6.45, 7) is 1.89. The van der Waals surface area contributed by atoms with E-state index in [1.54, 1.807) is 0 Å². The average Bonchev–Trinajstić information content (AvgIpc) is 3.18. The number of amides is 1. The third-order valence-electron chi connectivity index (χ3n) is 4.41. The maximum absolute atomic E-state index is 12.4. The van der Waals surface area contributed by atoms with Crippen LogP contribution >= 0.6 is 11.3 Å². The van der Waals surface area contributed by atoms with E-state index in [1.807, 2.05) is 91.9 Å². The Labute approximate surface area is 173 Å². The second kappa shape index (κ2) is 8.71. The van der Waals surface area contributed by atoms with Crippen molar-refractivity contribution in [3.8, 4) is 27.4 Å². The van der Waals surface area contributed by atoms with Gasteiger partial charge < -0.3 is 4.74 Å². The number of para-hydroxylation sites is 1. The first kappa shape index (κ1) is 18.9. The number of benzene rings is 3. The van der Waals surface area contributed by atoms with Crippen LogP contribution in [0.4, 0.5) is 5.13 Å². The van der Waals surface area contributed by atoms with Crippen LogP contribution in [0.15, 0.2) is 84.9 Å². The summed E-state index contributed by atoms with van der Waals surface area (Å²) in [5.74, 6) is 0.470. The highest BCUT2D eigenvalue weighted by atomic mass is 32.1. The molecule has 0 saturated carbocycles. The molecule has 0 saturated heterocycles. The van der Waals surface area contributed by atoms with Crippen molar-refractivity contribution >= 4 is 22.4 Å². The molecule has 4 nitrogen and oxygen atoms in total. The number of ether oxygens (including phenoxy) is 1. The highest BCUT2D eigenvalue weighted by Gasteiger charge is 2.16. The van der Waals surface area contributed by atoms with Gasteiger partial charge in [0.25, 0.3) is 5.91 Å². The van der Waals surface area contributed by atoms with Crippen LogP contribution in [0.1, 0.15) is 5.56 Å². The first-order valence-electron chi connectivity index (χ1n) is 9.30. The Hall–Kier alpha value is -3.44. The zero-order chi connectivity index (χ0) is 20.1. The van der Waals surface area contributed by atoms with E-state index < -0.39 is 0 Å². The fourth-order valence-corrected chi connectivity index (χ4v) is 3.98. The first-order valence-corrected chi connectivity index (χ1v) is 10.1. The average molecular weight is 401 g/mol. The lowest BCUT2D eigenvalue weighted by molar-refractivity contribution is -0.118. The SMILES string of the molecule is Cc1ccccc1OCC(=O)Nc1nc(-c2ccccc2)c(-c2ccccc2)s1. The second-order valence-electron chi connectivity index (χ2n) is 6.53. The molecule has 0 aliphatic rings. The van der Waals surface area contributed by atoms with E-state index in [0.717, 1.165) is 27.3 Å². The summed E-state index contributed by atoms with van der Waals surface area (Å²) in [7, 11) is 0. The third-order valence-corrected chi connectivity index (χ3v) is 5.43. The summed E-state index contributed by atoms with van der Waals surface area (Å²) in [6, 6.07) is 27.7. The van der Waals surface area contributed by atoms with E-state index in [2.05, 4.69) is 5.32 Å². The topological polar surface area (TPSA) is 51.2 Å². The molecule has 1 aromatic heterocycles. The Kier molecular flexibility index (Phi) is 5.68. The van der Waals surface area contributed by atoms with Crippen molar-refractivity contribution in [1.82, 2.24) is 4.98 Å². The van der Waals surface area contributed by atoms with Crippen molar-refractivity contribution in [2.75, 3.05) is 11.9 Å². The Bertz CT molecular complexity index is 1050. The van der Waals surface area contributed by atoms with Crippen molar-refractivity contribution in [3.05, 3.63) is 90.5 Å². The molecular weight excluding hydrogens is 380 g/mol. The first-order chi connectivity index (χ1) is 14.2. The van der Waals surface area contributed by atoms with E-state index in [0.29, 0.717) is 10.9 Å². The van der Waals surface area contributed by atoms with Crippen molar-refractivity contribution in [2.45, 2.75) is 6.92 Å². The van der Waals surface area contributed by atoms with Crippen molar-refractivity contribution in [3.63, 3.8) is 0 Å². The standard InChI is InChI=1S/C24H20N2O2S/c1-17-10-8-9-15-20(17)28-16-21(27)25-24-26-22(18-11-4-2-5-12-18)23(29-24)19-13-6-3-7-14-19/h2-15H,16H2,1H3,(H,25,26,27). The van der Waals surface area contributed by atoms with Gasteiger partial charge in [-0.25, -0.2) is 4.98 Å². The molecule has 0 atom stereocenters. The lowest BCUT2D eigenvalue weighted by Crippen LogP contribution is -2.20. The van der Waals surface area contributed by atoms with E-state index in [4.69, 9.17) is 9.72 Å². The van der Waals surface area contributed by atoms with Crippen LogP contribution in [0, 0.1) is 6.92 Å².